The molecule has 6 nitrogen and oxygen atoms in total. The van der Waals surface area contributed by atoms with Crippen LogP contribution in [0.4, 0.5) is 5.82 Å². The fraction of sp³-hybridized carbons (Fsp3) is 0.538. The maximum Gasteiger partial charge on any atom is 0.254 e. The Kier molecular flexibility index (Phi) is 5.17. The number of ether oxygens (including phenoxy) is 1. The number of nitrogens with zero attached hydrogens (tertiary/aromatic N) is 2. The van der Waals surface area contributed by atoms with Crippen molar-refractivity contribution in [3.63, 3.8) is 0 Å². The summed E-state index contributed by atoms with van der Waals surface area (Å²) in [5.74, 6) is 5.61. The summed E-state index contributed by atoms with van der Waals surface area (Å²) < 4.78 is 5.60. The summed E-state index contributed by atoms with van der Waals surface area (Å²) in [5.41, 5.74) is 2.89. The van der Waals surface area contributed by atoms with Gasteiger partial charge < -0.3 is 15.1 Å². The van der Waals surface area contributed by atoms with Gasteiger partial charge in [0.15, 0.2) is 0 Å². The summed E-state index contributed by atoms with van der Waals surface area (Å²) in [7, 11) is 0. The number of anilines is 1. The van der Waals surface area contributed by atoms with E-state index in [9.17, 15) is 4.79 Å². The maximum atomic E-state index is 12.5. The van der Waals surface area contributed by atoms with E-state index in [1.54, 1.807) is 17.0 Å². The summed E-state index contributed by atoms with van der Waals surface area (Å²) in [5, 5.41) is 0.238. The average Bonchev–Trinajstić information content (AvgIpc) is 2.46. The molecule has 1 saturated heterocycles. The number of halogens is 1. The highest BCUT2D eigenvalue weighted by Gasteiger charge is 2.25. The van der Waals surface area contributed by atoms with Gasteiger partial charge in [-0.15, -0.1) is 0 Å². The van der Waals surface area contributed by atoms with Gasteiger partial charge >= 0.3 is 0 Å². The molecule has 0 radical (unpaired) electrons. The summed E-state index contributed by atoms with van der Waals surface area (Å²) in [6.45, 7) is 3.96. The van der Waals surface area contributed by atoms with Gasteiger partial charge in [0.25, 0.3) is 5.91 Å². The molecule has 0 aromatic carbocycles. The van der Waals surface area contributed by atoms with E-state index in [0.717, 1.165) is 19.4 Å². The number of pyridine rings is 1. The summed E-state index contributed by atoms with van der Waals surface area (Å²) in [6.07, 6.45) is 2.05. The zero-order valence-corrected chi connectivity index (χ0v) is 12.2. The zero-order valence-electron chi connectivity index (χ0n) is 11.4. The van der Waals surface area contributed by atoms with E-state index in [0.29, 0.717) is 24.5 Å². The molecule has 1 aromatic rings. The Balaban J connectivity index is 2.12. The van der Waals surface area contributed by atoms with Crippen molar-refractivity contribution in [2.24, 2.45) is 5.84 Å². The Bertz CT molecular complexity index is 481. The highest BCUT2D eigenvalue weighted by atomic mass is 35.5. The van der Waals surface area contributed by atoms with Crippen LogP contribution >= 0.6 is 11.6 Å². The second kappa shape index (κ2) is 6.88. The zero-order chi connectivity index (χ0) is 14.5. The molecule has 7 heteroatoms. The molecule has 2 heterocycles. The predicted octanol–water partition coefficient (Wildman–Crippen LogP) is 1.66. The van der Waals surface area contributed by atoms with Crippen LogP contribution in [0.5, 0.6) is 0 Å². The summed E-state index contributed by atoms with van der Waals surface area (Å²) in [6, 6.07) is 3.15. The summed E-state index contributed by atoms with van der Waals surface area (Å²) in [4.78, 5) is 18.2. The minimum Gasteiger partial charge on any atom is -0.377 e. The topological polar surface area (TPSA) is 80.5 Å². The SMILES string of the molecule is CCOC1CCCN(C(=O)c2cc(Cl)nc(NN)c2)C1. The van der Waals surface area contributed by atoms with Crippen LogP contribution in [-0.4, -0.2) is 41.6 Å². The molecule has 1 amide bonds. The van der Waals surface area contributed by atoms with Crippen LogP contribution in [0, 0.1) is 0 Å². The Labute approximate surface area is 123 Å². The number of nitrogen functional groups attached to an aromatic ring is 1. The first-order chi connectivity index (χ1) is 9.63. The number of nitrogens with one attached hydrogen (secondary N) is 1. The van der Waals surface area contributed by atoms with Crippen molar-refractivity contribution in [3.8, 4) is 0 Å². The number of piperidine rings is 1. The third-order valence-corrected chi connectivity index (χ3v) is 3.45. The van der Waals surface area contributed by atoms with Gasteiger partial charge in [-0.1, -0.05) is 11.6 Å². The lowest BCUT2D eigenvalue weighted by Gasteiger charge is -2.32. The number of aromatic nitrogens is 1. The van der Waals surface area contributed by atoms with Crippen molar-refractivity contribution >= 4 is 23.3 Å². The van der Waals surface area contributed by atoms with Gasteiger partial charge in [0.1, 0.15) is 11.0 Å². The average molecular weight is 299 g/mol. The lowest BCUT2D eigenvalue weighted by molar-refractivity contribution is 0.00724. The number of carbonyl (C=O) groups excluding carboxylic acids is 1. The number of hydrogen-bond acceptors (Lipinski definition) is 5. The first-order valence-electron chi connectivity index (χ1n) is 6.69. The molecule has 110 valence electrons. The number of amides is 1. The molecular weight excluding hydrogens is 280 g/mol. The van der Waals surface area contributed by atoms with Crippen LogP contribution in [0.3, 0.4) is 0 Å². The molecule has 1 unspecified atom stereocenters. The van der Waals surface area contributed by atoms with Crippen molar-refractivity contribution in [2.75, 3.05) is 25.1 Å². The molecule has 1 fully saturated rings. The molecule has 0 spiro atoms. The second-order valence-corrected chi connectivity index (χ2v) is 5.07. The lowest BCUT2D eigenvalue weighted by atomic mass is 10.1. The largest absolute Gasteiger partial charge is 0.377 e. The van der Waals surface area contributed by atoms with Gasteiger partial charge in [-0.05, 0) is 31.9 Å². The third kappa shape index (κ3) is 3.59. The van der Waals surface area contributed by atoms with Crippen LogP contribution in [0.1, 0.15) is 30.1 Å². The minimum atomic E-state index is -0.0739. The van der Waals surface area contributed by atoms with Gasteiger partial charge in [-0.3, -0.25) is 4.79 Å². The van der Waals surface area contributed by atoms with Crippen molar-refractivity contribution in [3.05, 3.63) is 22.8 Å². The molecule has 0 bridgehead atoms. The smallest absolute Gasteiger partial charge is 0.254 e. The first-order valence-corrected chi connectivity index (χ1v) is 7.07. The molecule has 1 aromatic heterocycles. The highest BCUT2D eigenvalue weighted by Crippen LogP contribution is 2.19. The Morgan fingerprint density at radius 2 is 2.45 bits per heavy atom. The number of rotatable bonds is 4. The van der Waals surface area contributed by atoms with Crippen LogP contribution in [0.2, 0.25) is 5.15 Å². The fourth-order valence-electron chi connectivity index (χ4n) is 2.37. The predicted molar refractivity (Wildman–Crippen MR) is 77.6 cm³/mol. The highest BCUT2D eigenvalue weighted by molar-refractivity contribution is 6.29. The van der Waals surface area contributed by atoms with Crippen LogP contribution < -0.4 is 11.3 Å². The Hall–Kier alpha value is -1.37. The standard InChI is InChI=1S/C13H19ClN4O2/c1-2-20-10-4-3-5-18(8-10)13(19)9-6-11(14)16-12(7-9)17-15/h6-7,10H,2-5,8,15H2,1H3,(H,16,17). The Morgan fingerprint density at radius 3 is 3.15 bits per heavy atom. The van der Waals surface area contributed by atoms with Crippen molar-refractivity contribution < 1.29 is 9.53 Å². The van der Waals surface area contributed by atoms with Gasteiger partial charge in [-0.25, -0.2) is 10.8 Å². The second-order valence-electron chi connectivity index (χ2n) is 4.68. The Morgan fingerprint density at radius 1 is 1.65 bits per heavy atom. The lowest BCUT2D eigenvalue weighted by Crippen LogP contribution is -2.43. The van der Waals surface area contributed by atoms with Gasteiger partial charge in [0, 0.05) is 25.3 Å². The van der Waals surface area contributed by atoms with E-state index in [1.165, 1.54) is 0 Å². The quantitative estimate of drug-likeness (QED) is 0.502. The molecule has 1 atom stereocenters. The van der Waals surface area contributed by atoms with E-state index in [-0.39, 0.29) is 17.2 Å². The van der Waals surface area contributed by atoms with E-state index < -0.39 is 0 Å². The van der Waals surface area contributed by atoms with Gasteiger partial charge in [0.05, 0.1) is 6.10 Å². The number of hydrogen-bond donors (Lipinski definition) is 2. The summed E-state index contributed by atoms with van der Waals surface area (Å²) >= 11 is 5.89. The normalized spacial score (nSPS) is 18.9. The fourth-order valence-corrected chi connectivity index (χ4v) is 2.58. The van der Waals surface area contributed by atoms with Crippen LogP contribution in [-0.2, 0) is 4.74 Å². The molecule has 20 heavy (non-hydrogen) atoms. The van der Waals surface area contributed by atoms with Gasteiger partial charge in [0.2, 0.25) is 0 Å². The number of carbonyl (C=O) groups is 1. The minimum absolute atomic E-state index is 0.0739. The van der Waals surface area contributed by atoms with Crippen LogP contribution in [0.15, 0.2) is 12.1 Å². The molecule has 1 aliphatic rings. The molecule has 0 saturated carbocycles. The number of hydrazine groups is 1. The molecule has 1 aliphatic heterocycles. The number of nitrogens with two attached hydrogens (primary N) is 1. The monoisotopic (exact) mass is 298 g/mol. The number of likely N-dealkylation sites (tertiary alicyclic amines) is 1. The van der Waals surface area contributed by atoms with E-state index in [4.69, 9.17) is 22.2 Å². The van der Waals surface area contributed by atoms with E-state index in [2.05, 4.69) is 10.4 Å². The van der Waals surface area contributed by atoms with Crippen LogP contribution in [0.25, 0.3) is 0 Å². The molecule has 3 N–H and O–H groups in total. The van der Waals surface area contributed by atoms with Crippen molar-refractivity contribution in [1.82, 2.24) is 9.88 Å². The van der Waals surface area contributed by atoms with Crippen molar-refractivity contribution in [1.29, 1.82) is 0 Å². The van der Waals surface area contributed by atoms with E-state index >= 15 is 0 Å². The molecule has 0 aliphatic carbocycles. The maximum absolute atomic E-state index is 12.5. The van der Waals surface area contributed by atoms with Gasteiger partial charge in [-0.2, -0.15) is 0 Å². The first kappa shape index (κ1) is 15.0. The molecule has 2 rings (SSSR count). The van der Waals surface area contributed by atoms with E-state index in [1.807, 2.05) is 6.92 Å². The molecular formula is C13H19ClN4O2. The third-order valence-electron chi connectivity index (χ3n) is 3.26. The van der Waals surface area contributed by atoms with Crippen molar-refractivity contribution in [2.45, 2.75) is 25.9 Å².